The fourth-order valence-electron chi connectivity index (χ4n) is 3.04. The lowest BCUT2D eigenvalue weighted by molar-refractivity contribution is -0.385. The van der Waals surface area contributed by atoms with Gasteiger partial charge in [-0.1, -0.05) is 23.8 Å². The second kappa shape index (κ2) is 7.16. The number of aryl methyl sites for hydroxylation is 2. The summed E-state index contributed by atoms with van der Waals surface area (Å²) in [6, 6.07) is 9.48. The average molecular weight is 370 g/mol. The molecule has 0 spiro atoms. The van der Waals surface area contributed by atoms with Crippen molar-refractivity contribution >= 4 is 17.5 Å². The van der Waals surface area contributed by atoms with Crippen LogP contribution in [0.5, 0.6) is 5.75 Å². The van der Waals surface area contributed by atoms with Crippen molar-refractivity contribution in [3.63, 3.8) is 0 Å². The van der Waals surface area contributed by atoms with Gasteiger partial charge in [0.05, 0.1) is 17.0 Å². The summed E-state index contributed by atoms with van der Waals surface area (Å²) >= 11 is 0. The molecule has 0 aromatic heterocycles. The molecule has 0 bridgehead atoms. The van der Waals surface area contributed by atoms with Crippen LogP contribution in [0.4, 0.5) is 5.69 Å². The van der Waals surface area contributed by atoms with Crippen molar-refractivity contribution in [2.75, 3.05) is 13.2 Å². The number of ether oxygens (including phenoxy) is 1. The van der Waals surface area contributed by atoms with Crippen molar-refractivity contribution in [3.8, 4) is 5.75 Å². The first-order valence-electron chi connectivity index (χ1n) is 8.31. The van der Waals surface area contributed by atoms with Crippen LogP contribution in [0.15, 0.2) is 36.4 Å². The highest BCUT2D eigenvalue weighted by molar-refractivity contribution is 6.23. The van der Waals surface area contributed by atoms with Crippen LogP contribution in [0.25, 0.3) is 0 Å². The largest absolute Gasteiger partial charge is 0.491 e. The van der Waals surface area contributed by atoms with Crippen LogP contribution in [0.1, 0.15) is 31.8 Å². The molecule has 3 rings (SSSR count). The molecule has 0 radical (unpaired) electrons. The van der Waals surface area contributed by atoms with Crippen LogP contribution in [-0.2, 0) is 0 Å². The monoisotopic (exact) mass is 370 g/mol. The van der Waals surface area contributed by atoms with Gasteiger partial charge in [-0.15, -0.1) is 0 Å². The van der Waals surface area contributed by atoms with Crippen molar-refractivity contribution in [2.24, 2.45) is 0 Å². The number of fused-ring (bicyclic) bond motifs is 1. The number of benzene rings is 2. The Hall–Kier alpha value is -3.26. The number of carbonyl (C=O) groups is 2. The fourth-order valence-corrected chi connectivity index (χ4v) is 3.04. The van der Waals surface area contributed by atoms with Crippen LogP contribution < -0.4 is 4.74 Å². The van der Waals surface area contributed by atoms with Crippen LogP contribution in [-0.4, -0.2) is 46.0 Å². The molecule has 1 N–H and O–H groups in total. The highest BCUT2D eigenvalue weighted by Gasteiger charge is 2.41. The highest BCUT2D eigenvalue weighted by atomic mass is 16.6. The Morgan fingerprint density at radius 3 is 2.59 bits per heavy atom. The molecule has 0 fully saturated rings. The van der Waals surface area contributed by atoms with Gasteiger partial charge in [-0.25, -0.2) is 0 Å². The molecule has 2 aromatic rings. The molecule has 2 aromatic carbocycles. The van der Waals surface area contributed by atoms with Crippen LogP contribution in [0.2, 0.25) is 0 Å². The summed E-state index contributed by atoms with van der Waals surface area (Å²) in [7, 11) is 0. The Morgan fingerprint density at radius 2 is 1.93 bits per heavy atom. The third-order valence-electron chi connectivity index (χ3n) is 4.33. The number of hydrogen-bond donors (Lipinski definition) is 1. The van der Waals surface area contributed by atoms with Crippen molar-refractivity contribution in [1.29, 1.82) is 0 Å². The smallest absolute Gasteiger partial charge is 0.282 e. The molecule has 1 aliphatic rings. The Balaban J connectivity index is 1.71. The predicted octanol–water partition coefficient (Wildman–Crippen LogP) is 2.25. The minimum atomic E-state index is -1.13. The fraction of sp³-hybridized carbons (Fsp3) is 0.263. The van der Waals surface area contributed by atoms with Gasteiger partial charge in [0.2, 0.25) is 0 Å². The zero-order valence-electron chi connectivity index (χ0n) is 14.8. The maximum atomic E-state index is 12.5. The average Bonchev–Trinajstić information content (AvgIpc) is 2.86. The van der Waals surface area contributed by atoms with Gasteiger partial charge in [0.1, 0.15) is 24.0 Å². The van der Waals surface area contributed by atoms with E-state index in [0.29, 0.717) is 5.75 Å². The van der Waals surface area contributed by atoms with Gasteiger partial charge in [0.25, 0.3) is 17.5 Å². The van der Waals surface area contributed by atoms with Gasteiger partial charge in [-0.3, -0.25) is 24.6 Å². The second-order valence-corrected chi connectivity index (χ2v) is 6.41. The number of amides is 2. The molecule has 140 valence electrons. The Morgan fingerprint density at radius 1 is 1.19 bits per heavy atom. The number of nitro benzene ring substituents is 1. The van der Waals surface area contributed by atoms with E-state index in [1.807, 2.05) is 26.0 Å². The molecule has 1 aliphatic heterocycles. The van der Waals surface area contributed by atoms with Crippen LogP contribution >= 0.6 is 0 Å². The summed E-state index contributed by atoms with van der Waals surface area (Å²) in [4.78, 5) is 36.1. The third kappa shape index (κ3) is 3.52. The van der Waals surface area contributed by atoms with Gasteiger partial charge < -0.3 is 9.84 Å². The standard InChI is InChI=1S/C19H18N2O6/c1-11-6-7-16(12(2)8-11)27-10-13(22)9-20-18(23)14-4-3-5-15(21(25)26)17(14)19(20)24/h3-8,13,22H,9-10H2,1-2H3/t13-/m0/s1. The Bertz CT molecular complexity index is 940. The summed E-state index contributed by atoms with van der Waals surface area (Å²) in [5.41, 5.74) is 1.28. The zero-order valence-corrected chi connectivity index (χ0v) is 14.8. The van der Waals surface area contributed by atoms with Crippen molar-refractivity contribution in [2.45, 2.75) is 20.0 Å². The molecule has 2 amide bonds. The van der Waals surface area contributed by atoms with E-state index in [4.69, 9.17) is 4.74 Å². The number of hydrogen-bond acceptors (Lipinski definition) is 6. The van der Waals surface area contributed by atoms with E-state index in [0.717, 1.165) is 16.0 Å². The number of aliphatic hydroxyl groups excluding tert-OH is 1. The molecule has 8 heteroatoms. The molecule has 0 aliphatic carbocycles. The summed E-state index contributed by atoms with van der Waals surface area (Å²) in [6.45, 7) is 3.39. The molecule has 1 atom stereocenters. The first kappa shape index (κ1) is 18.5. The highest BCUT2D eigenvalue weighted by Crippen LogP contribution is 2.30. The van der Waals surface area contributed by atoms with Crippen molar-refractivity contribution in [3.05, 3.63) is 68.8 Å². The lowest BCUT2D eigenvalue weighted by Gasteiger charge is -2.19. The van der Waals surface area contributed by atoms with E-state index in [-0.39, 0.29) is 24.3 Å². The summed E-state index contributed by atoms with van der Waals surface area (Å²) in [5, 5.41) is 21.3. The molecular formula is C19H18N2O6. The Labute approximate surface area is 155 Å². The van der Waals surface area contributed by atoms with E-state index in [9.17, 15) is 24.8 Å². The van der Waals surface area contributed by atoms with E-state index in [1.165, 1.54) is 18.2 Å². The maximum Gasteiger partial charge on any atom is 0.282 e. The maximum absolute atomic E-state index is 12.5. The Kier molecular flexibility index (Phi) is 4.91. The van der Waals surface area contributed by atoms with Crippen molar-refractivity contribution < 1.29 is 24.4 Å². The number of carbonyl (C=O) groups excluding carboxylic acids is 2. The number of nitro groups is 1. The second-order valence-electron chi connectivity index (χ2n) is 6.41. The van der Waals surface area contributed by atoms with Gasteiger partial charge in [-0.2, -0.15) is 0 Å². The number of rotatable bonds is 6. The van der Waals surface area contributed by atoms with Crippen molar-refractivity contribution in [1.82, 2.24) is 4.90 Å². The van der Waals surface area contributed by atoms with E-state index in [2.05, 4.69) is 0 Å². The quantitative estimate of drug-likeness (QED) is 0.474. The number of imide groups is 1. The molecule has 1 heterocycles. The van der Waals surface area contributed by atoms with E-state index < -0.39 is 28.5 Å². The van der Waals surface area contributed by atoms with E-state index in [1.54, 1.807) is 6.07 Å². The topological polar surface area (TPSA) is 110 Å². The molecule has 0 unspecified atom stereocenters. The molecule has 27 heavy (non-hydrogen) atoms. The molecular weight excluding hydrogens is 352 g/mol. The summed E-state index contributed by atoms with van der Waals surface area (Å²) in [6.07, 6.45) is -1.13. The molecule has 0 saturated heterocycles. The van der Waals surface area contributed by atoms with E-state index >= 15 is 0 Å². The third-order valence-corrected chi connectivity index (χ3v) is 4.33. The number of nitrogens with zero attached hydrogens (tertiary/aromatic N) is 2. The number of β-amino-alcohol motifs (C(OH)–C–C–N with tert-alkyl or cyclic N) is 1. The lowest BCUT2D eigenvalue weighted by Crippen LogP contribution is -2.39. The summed E-state index contributed by atoms with van der Waals surface area (Å²) < 4.78 is 5.57. The zero-order chi connectivity index (χ0) is 19.7. The lowest BCUT2D eigenvalue weighted by atomic mass is 10.1. The minimum absolute atomic E-state index is 0.0308. The molecule has 8 nitrogen and oxygen atoms in total. The number of aliphatic hydroxyl groups is 1. The minimum Gasteiger partial charge on any atom is -0.491 e. The molecule has 0 saturated carbocycles. The normalized spacial score (nSPS) is 14.3. The van der Waals surface area contributed by atoms with Gasteiger partial charge in [0, 0.05) is 6.07 Å². The van der Waals surface area contributed by atoms with Gasteiger partial charge in [0.15, 0.2) is 0 Å². The SMILES string of the molecule is Cc1ccc(OC[C@@H](O)CN2C(=O)c3cccc([N+](=O)[O-])c3C2=O)c(C)c1. The first-order chi connectivity index (χ1) is 12.8. The van der Waals surface area contributed by atoms with Gasteiger partial charge >= 0.3 is 0 Å². The predicted molar refractivity (Wildman–Crippen MR) is 95.9 cm³/mol. The van der Waals surface area contributed by atoms with Gasteiger partial charge in [-0.05, 0) is 31.5 Å². The van der Waals surface area contributed by atoms with Crippen LogP contribution in [0.3, 0.4) is 0 Å². The summed E-state index contributed by atoms with van der Waals surface area (Å²) in [5.74, 6) is -0.852. The van der Waals surface area contributed by atoms with Crippen LogP contribution in [0, 0.1) is 24.0 Å². The first-order valence-corrected chi connectivity index (χ1v) is 8.31.